The zero-order valence-corrected chi connectivity index (χ0v) is 16.0. The molecule has 3 aromatic rings. The van der Waals surface area contributed by atoms with E-state index < -0.39 is 0 Å². The van der Waals surface area contributed by atoms with Gasteiger partial charge >= 0.3 is 0 Å². The maximum atomic E-state index is 4.54. The summed E-state index contributed by atoms with van der Waals surface area (Å²) in [6, 6.07) is 10.5. The summed E-state index contributed by atoms with van der Waals surface area (Å²) >= 11 is 10.5. The van der Waals surface area contributed by atoms with Crippen molar-refractivity contribution in [3.63, 3.8) is 0 Å². The van der Waals surface area contributed by atoms with E-state index in [-0.39, 0.29) is 0 Å². The molecule has 0 aliphatic heterocycles. The smallest absolute Gasteiger partial charge is 0.0901 e. The highest BCUT2D eigenvalue weighted by Crippen LogP contribution is 2.33. The van der Waals surface area contributed by atoms with Crippen molar-refractivity contribution in [1.29, 1.82) is 0 Å². The number of aromatic nitrogens is 1. The van der Waals surface area contributed by atoms with Gasteiger partial charge in [0.05, 0.1) is 14.5 Å². The molecule has 1 aromatic carbocycles. The van der Waals surface area contributed by atoms with E-state index in [0.717, 1.165) is 36.8 Å². The van der Waals surface area contributed by atoms with Crippen LogP contribution in [0.4, 0.5) is 5.69 Å². The standard InChI is InChI=1S/C15H12Br2N2S2/c1-9-19-14(8-20-9)10-3-2-4-11(5-10)18-7-12-6-13(16)15(17)21-12/h2-6,8,18H,7H2,1H3. The number of benzene rings is 1. The lowest BCUT2D eigenvalue weighted by Gasteiger charge is -2.06. The largest absolute Gasteiger partial charge is 0.380 e. The van der Waals surface area contributed by atoms with Crippen molar-refractivity contribution in [1.82, 2.24) is 4.98 Å². The second kappa shape index (κ2) is 6.60. The molecule has 0 unspecified atom stereocenters. The second-order valence-electron chi connectivity index (χ2n) is 4.52. The number of thiophene rings is 1. The summed E-state index contributed by atoms with van der Waals surface area (Å²) in [4.78, 5) is 5.82. The first-order chi connectivity index (χ1) is 10.1. The number of hydrogen-bond donors (Lipinski definition) is 1. The van der Waals surface area contributed by atoms with Crippen molar-refractivity contribution in [3.8, 4) is 11.3 Å². The summed E-state index contributed by atoms with van der Waals surface area (Å²) < 4.78 is 2.24. The van der Waals surface area contributed by atoms with E-state index in [0.29, 0.717) is 0 Å². The number of thiazole rings is 1. The van der Waals surface area contributed by atoms with Gasteiger partial charge in [-0.15, -0.1) is 22.7 Å². The molecule has 3 rings (SSSR count). The summed E-state index contributed by atoms with van der Waals surface area (Å²) in [6.45, 7) is 2.84. The van der Waals surface area contributed by atoms with Gasteiger partial charge < -0.3 is 5.32 Å². The van der Waals surface area contributed by atoms with Gasteiger partial charge in [0.25, 0.3) is 0 Å². The molecule has 6 heteroatoms. The van der Waals surface area contributed by atoms with E-state index in [9.17, 15) is 0 Å². The Morgan fingerprint density at radius 1 is 1.24 bits per heavy atom. The lowest BCUT2D eigenvalue weighted by molar-refractivity contribution is 1.19. The van der Waals surface area contributed by atoms with Gasteiger partial charge in [-0.05, 0) is 57.0 Å². The number of nitrogens with one attached hydrogen (secondary N) is 1. The lowest BCUT2D eigenvalue weighted by atomic mass is 10.1. The number of anilines is 1. The third-order valence-corrected chi connectivity index (χ3v) is 6.97. The monoisotopic (exact) mass is 442 g/mol. The van der Waals surface area contributed by atoms with Gasteiger partial charge in [-0.2, -0.15) is 0 Å². The molecule has 108 valence electrons. The third-order valence-electron chi connectivity index (χ3n) is 2.94. The predicted octanol–water partition coefficient (Wildman–Crippen LogP) is 6.32. The van der Waals surface area contributed by atoms with Crippen LogP contribution in [0.25, 0.3) is 11.3 Å². The summed E-state index contributed by atoms with van der Waals surface area (Å²) in [5, 5.41) is 6.66. The Bertz CT molecular complexity index is 745. The number of hydrogen-bond acceptors (Lipinski definition) is 4. The van der Waals surface area contributed by atoms with Gasteiger partial charge in [0.15, 0.2) is 0 Å². The Morgan fingerprint density at radius 2 is 2.10 bits per heavy atom. The number of halogens is 2. The van der Waals surface area contributed by atoms with Crippen LogP contribution in [0.1, 0.15) is 9.88 Å². The Balaban J connectivity index is 1.74. The molecule has 2 nitrogen and oxygen atoms in total. The first kappa shape index (κ1) is 15.2. The molecule has 0 saturated heterocycles. The molecule has 0 amide bonds. The first-order valence-corrected chi connectivity index (χ1v) is 9.60. The van der Waals surface area contributed by atoms with Crippen LogP contribution in [0.3, 0.4) is 0 Å². The van der Waals surface area contributed by atoms with E-state index in [4.69, 9.17) is 0 Å². The second-order valence-corrected chi connectivity index (χ2v) is 8.89. The third kappa shape index (κ3) is 3.74. The van der Waals surface area contributed by atoms with Gasteiger partial charge in [-0.25, -0.2) is 4.98 Å². The van der Waals surface area contributed by atoms with Crippen molar-refractivity contribution in [3.05, 3.63) is 53.9 Å². The number of nitrogens with zero attached hydrogens (tertiary/aromatic N) is 1. The molecule has 0 saturated carbocycles. The SMILES string of the molecule is Cc1nc(-c2cccc(NCc3cc(Br)c(Br)s3)c2)cs1. The number of aryl methyl sites for hydroxylation is 1. The van der Waals surface area contributed by atoms with Gasteiger partial charge in [0, 0.05) is 32.5 Å². The zero-order valence-electron chi connectivity index (χ0n) is 11.2. The van der Waals surface area contributed by atoms with Crippen molar-refractivity contribution in [2.75, 3.05) is 5.32 Å². The van der Waals surface area contributed by atoms with Crippen LogP contribution in [0, 0.1) is 6.92 Å². The maximum Gasteiger partial charge on any atom is 0.0901 e. The fourth-order valence-electron chi connectivity index (χ4n) is 1.95. The van der Waals surface area contributed by atoms with Gasteiger partial charge in [-0.3, -0.25) is 0 Å². The lowest BCUT2D eigenvalue weighted by Crippen LogP contribution is -1.97. The zero-order chi connectivity index (χ0) is 14.8. The predicted molar refractivity (Wildman–Crippen MR) is 99.3 cm³/mol. The molecule has 0 radical (unpaired) electrons. The normalized spacial score (nSPS) is 10.8. The summed E-state index contributed by atoms with van der Waals surface area (Å²) in [5.74, 6) is 0. The van der Waals surface area contributed by atoms with Crippen molar-refractivity contribution in [2.24, 2.45) is 0 Å². The molecule has 0 atom stereocenters. The molecule has 0 aliphatic rings. The number of rotatable bonds is 4. The van der Waals surface area contributed by atoms with Gasteiger partial charge in [0.2, 0.25) is 0 Å². The molecular weight excluding hydrogens is 432 g/mol. The van der Waals surface area contributed by atoms with Crippen LogP contribution >= 0.6 is 54.5 Å². The van der Waals surface area contributed by atoms with E-state index >= 15 is 0 Å². The van der Waals surface area contributed by atoms with E-state index in [1.807, 2.05) is 6.92 Å². The highest BCUT2D eigenvalue weighted by Gasteiger charge is 2.05. The maximum absolute atomic E-state index is 4.54. The average molecular weight is 444 g/mol. The molecule has 1 N–H and O–H groups in total. The van der Waals surface area contributed by atoms with Crippen LogP contribution in [0.5, 0.6) is 0 Å². The summed E-state index contributed by atoms with van der Waals surface area (Å²) in [5.41, 5.74) is 3.31. The van der Waals surface area contributed by atoms with Crippen molar-refractivity contribution < 1.29 is 0 Å². The minimum Gasteiger partial charge on any atom is -0.380 e. The molecule has 2 aromatic heterocycles. The summed E-state index contributed by atoms with van der Waals surface area (Å²) in [6.07, 6.45) is 0. The molecule has 2 heterocycles. The molecule has 0 spiro atoms. The van der Waals surface area contributed by atoms with E-state index in [2.05, 4.69) is 77.9 Å². The topological polar surface area (TPSA) is 24.9 Å². The molecular formula is C15H12Br2N2S2. The van der Waals surface area contributed by atoms with Crippen LogP contribution < -0.4 is 5.32 Å². The van der Waals surface area contributed by atoms with Crippen LogP contribution in [-0.4, -0.2) is 4.98 Å². The molecule has 0 aliphatic carbocycles. The molecule has 0 fully saturated rings. The van der Waals surface area contributed by atoms with E-state index in [1.54, 1.807) is 22.7 Å². The fourth-order valence-corrected chi connectivity index (χ4v) is 4.69. The Morgan fingerprint density at radius 3 is 2.76 bits per heavy atom. The molecule has 21 heavy (non-hydrogen) atoms. The fraction of sp³-hybridized carbons (Fsp3) is 0.133. The minimum atomic E-state index is 0.814. The van der Waals surface area contributed by atoms with Crippen molar-refractivity contribution in [2.45, 2.75) is 13.5 Å². The Labute approximate surface area is 148 Å². The van der Waals surface area contributed by atoms with Crippen molar-refractivity contribution >= 4 is 60.2 Å². The highest BCUT2D eigenvalue weighted by molar-refractivity contribution is 9.13. The van der Waals surface area contributed by atoms with Gasteiger partial charge in [-0.1, -0.05) is 12.1 Å². The highest BCUT2D eigenvalue weighted by atomic mass is 79.9. The van der Waals surface area contributed by atoms with Crippen LogP contribution in [-0.2, 0) is 6.54 Å². The van der Waals surface area contributed by atoms with Crippen LogP contribution in [0.15, 0.2) is 44.0 Å². The Hall–Kier alpha value is -0.690. The first-order valence-electron chi connectivity index (χ1n) is 6.32. The average Bonchev–Trinajstić information content (AvgIpc) is 3.04. The Kier molecular flexibility index (Phi) is 4.78. The minimum absolute atomic E-state index is 0.814. The van der Waals surface area contributed by atoms with Crippen LogP contribution in [0.2, 0.25) is 0 Å². The molecule has 0 bridgehead atoms. The van der Waals surface area contributed by atoms with Gasteiger partial charge in [0.1, 0.15) is 0 Å². The quantitative estimate of drug-likeness (QED) is 0.510. The summed E-state index contributed by atoms with van der Waals surface area (Å²) in [7, 11) is 0. The van der Waals surface area contributed by atoms with E-state index in [1.165, 1.54) is 4.88 Å².